The molecule has 0 heterocycles. The number of aromatic hydroxyl groups is 1. The Bertz CT molecular complexity index is 699. The normalized spacial score (nSPS) is 10.3. The van der Waals surface area contributed by atoms with Crippen molar-refractivity contribution < 1.29 is 14.7 Å². The van der Waals surface area contributed by atoms with Gasteiger partial charge in [-0.05, 0) is 33.6 Å². The van der Waals surface area contributed by atoms with Gasteiger partial charge in [-0.15, -0.1) is 0 Å². The molecule has 2 N–H and O–H groups in total. The highest BCUT2D eigenvalue weighted by atomic mass is 79.9. The van der Waals surface area contributed by atoms with E-state index in [0.717, 1.165) is 5.56 Å². The van der Waals surface area contributed by atoms with Crippen LogP contribution in [0.25, 0.3) is 0 Å². The van der Waals surface area contributed by atoms with Crippen LogP contribution in [0, 0.1) is 0 Å². The molecule has 2 rings (SSSR count). The van der Waals surface area contributed by atoms with Gasteiger partial charge in [0, 0.05) is 31.0 Å². The van der Waals surface area contributed by atoms with Crippen LogP contribution >= 0.6 is 15.9 Å². The molecule has 2 aromatic rings. The van der Waals surface area contributed by atoms with Crippen molar-refractivity contribution in [2.75, 3.05) is 0 Å². The topological polar surface area (TPSA) is 66.4 Å². The molecule has 0 spiro atoms. The van der Waals surface area contributed by atoms with Gasteiger partial charge in [0.25, 0.3) is 0 Å². The Morgan fingerprint density at radius 2 is 1.86 bits per heavy atom. The van der Waals surface area contributed by atoms with Gasteiger partial charge in [0.1, 0.15) is 5.75 Å². The van der Waals surface area contributed by atoms with E-state index in [1.807, 2.05) is 6.07 Å². The van der Waals surface area contributed by atoms with E-state index in [2.05, 4.69) is 21.2 Å². The van der Waals surface area contributed by atoms with Crippen LogP contribution in [0.2, 0.25) is 0 Å². The zero-order valence-electron chi connectivity index (χ0n) is 12.1. The first-order valence-corrected chi connectivity index (χ1v) is 7.59. The van der Waals surface area contributed by atoms with E-state index in [4.69, 9.17) is 0 Å². The number of carbonyl (C=O) groups is 2. The molecule has 0 unspecified atom stereocenters. The second-order valence-corrected chi connectivity index (χ2v) is 5.82. The van der Waals surface area contributed by atoms with Gasteiger partial charge in [0.2, 0.25) is 5.91 Å². The van der Waals surface area contributed by atoms with E-state index in [1.54, 1.807) is 36.4 Å². The lowest BCUT2D eigenvalue weighted by atomic mass is 10.0. The lowest BCUT2D eigenvalue weighted by Gasteiger charge is -2.10. The number of Topliss-reactive ketones (excluding diaryl/α,β-unsaturated/α-hetero) is 1. The van der Waals surface area contributed by atoms with Gasteiger partial charge in [-0.1, -0.05) is 30.3 Å². The highest BCUT2D eigenvalue weighted by molar-refractivity contribution is 9.10. The number of amides is 1. The summed E-state index contributed by atoms with van der Waals surface area (Å²) in [6.07, 6.45) is 0.0996. The molecule has 5 heteroatoms. The van der Waals surface area contributed by atoms with Crippen molar-refractivity contribution >= 4 is 27.6 Å². The average Bonchev–Trinajstić information content (AvgIpc) is 2.50. The number of phenolic OH excluding ortho intramolecular Hbond substituents is 1. The predicted molar refractivity (Wildman–Crippen MR) is 87.8 cm³/mol. The highest BCUT2D eigenvalue weighted by Crippen LogP contribution is 2.30. The highest BCUT2D eigenvalue weighted by Gasteiger charge is 2.13. The number of carbonyl (C=O) groups excluding carboxylic acids is 2. The van der Waals surface area contributed by atoms with Crippen molar-refractivity contribution in [3.8, 4) is 5.75 Å². The SMILES string of the molecule is CC(=O)NCc1cc(Br)c(O)c(CC(=O)c2ccccc2)c1. The van der Waals surface area contributed by atoms with E-state index in [1.165, 1.54) is 6.92 Å². The molecule has 0 aliphatic carbocycles. The number of ketones is 1. The van der Waals surface area contributed by atoms with Crippen molar-refractivity contribution in [2.45, 2.75) is 19.9 Å². The zero-order valence-corrected chi connectivity index (χ0v) is 13.7. The summed E-state index contributed by atoms with van der Waals surface area (Å²) in [6.45, 7) is 1.79. The number of nitrogens with one attached hydrogen (secondary N) is 1. The third-order valence-corrected chi connectivity index (χ3v) is 3.79. The molecule has 0 saturated heterocycles. The fourth-order valence-electron chi connectivity index (χ4n) is 2.08. The molecule has 0 atom stereocenters. The van der Waals surface area contributed by atoms with Gasteiger partial charge >= 0.3 is 0 Å². The summed E-state index contributed by atoms with van der Waals surface area (Å²) in [6, 6.07) is 12.4. The Morgan fingerprint density at radius 3 is 2.50 bits per heavy atom. The number of hydrogen-bond donors (Lipinski definition) is 2. The number of halogens is 1. The van der Waals surface area contributed by atoms with Gasteiger partial charge < -0.3 is 10.4 Å². The Morgan fingerprint density at radius 1 is 1.18 bits per heavy atom. The van der Waals surface area contributed by atoms with Crippen molar-refractivity contribution in [1.29, 1.82) is 0 Å². The van der Waals surface area contributed by atoms with Crippen LogP contribution in [0.4, 0.5) is 0 Å². The smallest absolute Gasteiger partial charge is 0.217 e. The van der Waals surface area contributed by atoms with Crippen LogP contribution in [-0.2, 0) is 17.8 Å². The Balaban J connectivity index is 2.22. The quantitative estimate of drug-likeness (QED) is 0.803. The number of rotatable bonds is 5. The molecule has 0 aliphatic rings. The average molecular weight is 362 g/mol. The zero-order chi connectivity index (χ0) is 16.1. The van der Waals surface area contributed by atoms with Crippen LogP contribution in [0.5, 0.6) is 5.75 Å². The Kier molecular flexibility index (Phi) is 5.33. The molecule has 0 saturated carbocycles. The van der Waals surface area contributed by atoms with Gasteiger partial charge in [-0.25, -0.2) is 0 Å². The first kappa shape index (κ1) is 16.2. The second-order valence-electron chi connectivity index (χ2n) is 4.96. The molecular weight excluding hydrogens is 346 g/mol. The van der Waals surface area contributed by atoms with Gasteiger partial charge in [-0.2, -0.15) is 0 Å². The molecule has 1 amide bonds. The first-order chi connectivity index (χ1) is 10.5. The molecule has 4 nitrogen and oxygen atoms in total. The lowest BCUT2D eigenvalue weighted by molar-refractivity contribution is -0.119. The third kappa shape index (κ3) is 4.18. The fourth-order valence-corrected chi connectivity index (χ4v) is 2.63. The second kappa shape index (κ2) is 7.22. The number of benzene rings is 2. The van der Waals surface area contributed by atoms with Crippen molar-refractivity contribution in [3.63, 3.8) is 0 Å². The molecule has 0 fully saturated rings. The maximum Gasteiger partial charge on any atom is 0.217 e. The van der Waals surface area contributed by atoms with Gasteiger partial charge in [-0.3, -0.25) is 9.59 Å². The van der Waals surface area contributed by atoms with Crippen LogP contribution in [0.3, 0.4) is 0 Å². The first-order valence-electron chi connectivity index (χ1n) is 6.80. The molecule has 0 bridgehead atoms. The minimum Gasteiger partial charge on any atom is -0.506 e. The molecule has 0 aliphatic heterocycles. The van der Waals surface area contributed by atoms with Crippen LogP contribution in [-0.4, -0.2) is 16.8 Å². The maximum atomic E-state index is 12.3. The fraction of sp³-hybridized carbons (Fsp3) is 0.176. The van der Waals surface area contributed by atoms with Gasteiger partial charge in [0.15, 0.2) is 5.78 Å². The van der Waals surface area contributed by atoms with Crippen molar-refractivity contribution in [3.05, 3.63) is 63.6 Å². The summed E-state index contributed by atoms with van der Waals surface area (Å²) in [5.41, 5.74) is 1.95. The molecule has 22 heavy (non-hydrogen) atoms. The Labute approximate surface area is 137 Å². The summed E-state index contributed by atoms with van der Waals surface area (Å²) in [7, 11) is 0. The summed E-state index contributed by atoms with van der Waals surface area (Å²) < 4.78 is 0.506. The molecular formula is C17H16BrNO3. The number of hydrogen-bond acceptors (Lipinski definition) is 3. The minimum atomic E-state index is -0.133. The third-order valence-electron chi connectivity index (χ3n) is 3.19. The van der Waals surface area contributed by atoms with E-state index >= 15 is 0 Å². The van der Waals surface area contributed by atoms with Crippen molar-refractivity contribution in [1.82, 2.24) is 5.32 Å². The van der Waals surface area contributed by atoms with E-state index in [-0.39, 0.29) is 23.9 Å². The molecule has 114 valence electrons. The monoisotopic (exact) mass is 361 g/mol. The molecule has 0 aromatic heterocycles. The van der Waals surface area contributed by atoms with Gasteiger partial charge in [0.05, 0.1) is 4.47 Å². The summed E-state index contributed by atoms with van der Waals surface area (Å²) in [5.74, 6) is -0.151. The maximum absolute atomic E-state index is 12.3. The van der Waals surface area contributed by atoms with Crippen molar-refractivity contribution in [2.24, 2.45) is 0 Å². The summed E-state index contributed by atoms with van der Waals surface area (Å²) in [5, 5.41) is 12.8. The Hall–Kier alpha value is -2.14. The standard InChI is InChI=1S/C17H16BrNO3/c1-11(20)19-10-12-7-14(17(22)15(18)8-12)9-16(21)13-5-3-2-4-6-13/h2-8,22H,9-10H2,1H3,(H,19,20). The van der Waals surface area contributed by atoms with Crippen LogP contribution < -0.4 is 5.32 Å². The molecule has 2 aromatic carbocycles. The molecule has 0 radical (unpaired) electrons. The summed E-state index contributed by atoms with van der Waals surface area (Å²) in [4.78, 5) is 23.2. The van der Waals surface area contributed by atoms with Crippen LogP contribution in [0.15, 0.2) is 46.9 Å². The minimum absolute atomic E-state index is 0.0517. The van der Waals surface area contributed by atoms with E-state index in [9.17, 15) is 14.7 Å². The van der Waals surface area contributed by atoms with Crippen LogP contribution in [0.1, 0.15) is 28.4 Å². The van der Waals surface area contributed by atoms with E-state index < -0.39 is 0 Å². The lowest BCUT2D eigenvalue weighted by Crippen LogP contribution is -2.19. The predicted octanol–water partition coefficient (Wildman–Crippen LogP) is 3.22. The van der Waals surface area contributed by atoms with E-state index in [0.29, 0.717) is 22.1 Å². The number of phenols is 1. The summed E-state index contributed by atoms with van der Waals surface area (Å²) >= 11 is 3.28. The largest absolute Gasteiger partial charge is 0.506 e.